The summed E-state index contributed by atoms with van der Waals surface area (Å²) in [7, 11) is 0. The zero-order valence-electron chi connectivity index (χ0n) is 22.5. The molecule has 1 unspecified atom stereocenters. The number of carbonyl (C=O) groups excluding carboxylic acids is 2. The molecule has 0 bridgehead atoms. The third kappa shape index (κ3) is 7.84. The minimum Gasteiger partial charge on any atom is -0.489 e. The van der Waals surface area contributed by atoms with E-state index in [2.05, 4.69) is 52.0 Å². The highest BCUT2D eigenvalue weighted by atomic mass is 16.6. The molecule has 1 saturated carbocycles. The number of rotatable bonds is 12. The molecule has 196 valence electrons. The molecule has 0 heterocycles. The third-order valence-corrected chi connectivity index (χ3v) is 7.24. The van der Waals surface area contributed by atoms with Gasteiger partial charge in [-0.1, -0.05) is 58.9 Å². The molecule has 3 rings (SSSR count). The Labute approximate surface area is 216 Å². The van der Waals surface area contributed by atoms with Crippen LogP contribution >= 0.6 is 0 Å². The quantitative estimate of drug-likeness (QED) is 0.286. The molecule has 1 fully saturated rings. The van der Waals surface area contributed by atoms with Gasteiger partial charge in [0.2, 0.25) is 0 Å². The summed E-state index contributed by atoms with van der Waals surface area (Å²) < 4.78 is 16.7. The summed E-state index contributed by atoms with van der Waals surface area (Å²) in [6.07, 6.45) is 5.86. The molecule has 5 heteroatoms. The van der Waals surface area contributed by atoms with E-state index in [0.717, 1.165) is 37.7 Å². The lowest BCUT2D eigenvalue weighted by Gasteiger charge is -2.27. The Morgan fingerprint density at radius 3 is 2.11 bits per heavy atom. The van der Waals surface area contributed by atoms with Gasteiger partial charge in [-0.25, -0.2) is 9.59 Å². The highest BCUT2D eigenvalue weighted by Gasteiger charge is 2.36. The van der Waals surface area contributed by atoms with Crippen LogP contribution in [-0.4, -0.2) is 24.1 Å². The van der Waals surface area contributed by atoms with E-state index in [4.69, 9.17) is 14.2 Å². The fourth-order valence-electron chi connectivity index (χ4n) is 5.04. The molecule has 5 nitrogen and oxygen atoms in total. The van der Waals surface area contributed by atoms with Crippen molar-refractivity contribution in [3.63, 3.8) is 0 Å². The Kier molecular flexibility index (Phi) is 9.98. The Morgan fingerprint density at radius 2 is 1.56 bits per heavy atom. The molecular weight excluding hydrogens is 452 g/mol. The second-order valence-corrected chi connectivity index (χ2v) is 10.8. The summed E-state index contributed by atoms with van der Waals surface area (Å²) >= 11 is 0. The summed E-state index contributed by atoms with van der Waals surface area (Å²) in [6.45, 7) is 11.2. The van der Waals surface area contributed by atoms with Crippen molar-refractivity contribution in [2.75, 3.05) is 6.61 Å². The van der Waals surface area contributed by atoms with Gasteiger partial charge in [0.15, 0.2) is 6.61 Å². The standard InChI is InChI=1S/C31H42O5/c1-6-31(17-7-8-18-31)36-29(32)21-35-30(33)26-13-15-27(16-14-26)34-20-24-9-11-25(12-10-24)28(23(4)5)19-22(2)3/h9-16,22-23,28H,6-8,17-21H2,1-5H3. The van der Waals surface area contributed by atoms with Crippen molar-refractivity contribution in [2.24, 2.45) is 11.8 Å². The van der Waals surface area contributed by atoms with E-state index in [1.54, 1.807) is 24.3 Å². The summed E-state index contributed by atoms with van der Waals surface area (Å²) in [5, 5.41) is 0. The Balaban J connectivity index is 1.47. The number of benzene rings is 2. The second kappa shape index (κ2) is 12.9. The van der Waals surface area contributed by atoms with Crippen molar-refractivity contribution in [1.82, 2.24) is 0 Å². The van der Waals surface area contributed by atoms with E-state index < -0.39 is 11.9 Å². The van der Waals surface area contributed by atoms with Gasteiger partial charge in [-0.3, -0.25) is 0 Å². The molecule has 0 aliphatic heterocycles. The predicted octanol–water partition coefficient (Wildman–Crippen LogP) is 7.47. The number of ether oxygens (including phenoxy) is 3. The van der Waals surface area contributed by atoms with Crippen molar-refractivity contribution < 1.29 is 23.8 Å². The lowest BCUT2D eigenvalue weighted by atomic mass is 9.82. The second-order valence-electron chi connectivity index (χ2n) is 10.8. The third-order valence-electron chi connectivity index (χ3n) is 7.24. The Hall–Kier alpha value is -2.82. The van der Waals surface area contributed by atoms with Crippen molar-refractivity contribution in [3.05, 3.63) is 65.2 Å². The van der Waals surface area contributed by atoms with Crippen LogP contribution in [0.2, 0.25) is 0 Å². The number of esters is 2. The summed E-state index contributed by atoms with van der Waals surface area (Å²) in [5.41, 5.74) is 2.46. The van der Waals surface area contributed by atoms with Crippen LogP contribution in [0, 0.1) is 11.8 Å². The van der Waals surface area contributed by atoms with Crippen LogP contribution < -0.4 is 4.74 Å². The van der Waals surface area contributed by atoms with Crippen LogP contribution in [0.4, 0.5) is 0 Å². The molecule has 0 radical (unpaired) electrons. The maximum absolute atomic E-state index is 12.4. The smallest absolute Gasteiger partial charge is 0.344 e. The molecule has 0 spiro atoms. The predicted molar refractivity (Wildman–Crippen MR) is 142 cm³/mol. The summed E-state index contributed by atoms with van der Waals surface area (Å²) in [6, 6.07) is 15.5. The van der Waals surface area contributed by atoms with Gasteiger partial charge in [-0.2, -0.15) is 0 Å². The van der Waals surface area contributed by atoms with E-state index in [1.165, 1.54) is 12.0 Å². The first kappa shape index (κ1) is 27.8. The molecule has 0 saturated heterocycles. The van der Waals surface area contributed by atoms with Crippen LogP contribution in [-0.2, 0) is 20.9 Å². The zero-order chi connectivity index (χ0) is 26.1. The lowest BCUT2D eigenvalue weighted by Crippen LogP contribution is -2.33. The van der Waals surface area contributed by atoms with Crippen LogP contribution in [0.3, 0.4) is 0 Å². The van der Waals surface area contributed by atoms with Gasteiger partial charge in [-0.05, 0) is 91.7 Å². The average molecular weight is 495 g/mol. The lowest BCUT2D eigenvalue weighted by molar-refractivity contribution is -0.163. The SMILES string of the molecule is CCC1(OC(=O)COC(=O)c2ccc(OCc3ccc(C(CC(C)C)C(C)C)cc3)cc2)CCCC1. The average Bonchev–Trinajstić information content (AvgIpc) is 3.34. The molecule has 0 N–H and O–H groups in total. The van der Waals surface area contributed by atoms with Gasteiger partial charge in [0, 0.05) is 0 Å². The first-order valence-electron chi connectivity index (χ1n) is 13.4. The maximum atomic E-state index is 12.4. The minimum absolute atomic E-state index is 0.371. The topological polar surface area (TPSA) is 61.8 Å². The first-order valence-corrected chi connectivity index (χ1v) is 13.4. The van der Waals surface area contributed by atoms with Gasteiger partial charge < -0.3 is 14.2 Å². The van der Waals surface area contributed by atoms with E-state index in [0.29, 0.717) is 35.7 Å². The highest BCUT2D eigenvalue weighted by Crippen LogP contribution is 2.36. The van der Waals surface area contributed by atoms with Crippen molar-refractivity contribution in [2.45, 2.75) is 91.3 Å². The fourth-order valence-corrected chi connectivity index (χ4v) is 5.04. The molecule has 2 aromatic rings. The van der Waals surface area contributed by atoms with Crippen LogP contribution in [0.15, 0.2) is 48.5 Å². The van der Waals surface area contributed by atoms with Gasteiger partial charge >= 0.3 is 11.9 Å². The molecule has 1 atom stereocenters. The molecule has 0 aromatic heterocycles. The van der Waals surface area contributed by atoms with Crippen molar-refractivity contribution in [1.29, 1.82) is 0 Å². The normalized spacial score (nSPS) is 15.6. The van der Waals surface area contributed by atoms with Crippen molar-refractivity contribution >= 4 is 11.9 Å². The molecule has 0 amide bonds. The Morgan fingerprint density at radius 1 is 0.917 bits per heavy atom. The molecule has 1 aliphatic rings. The van der Waals surface area contributed by atoms with Gasteiger partial charge in [0.25, 0.3) is 0 Å². The van der Waals surface area contributed by atoms with E-state index in [1.807, 2.05) is 6.92 Å². The van der Waals surface area contributed by atoms with Crippen molar-refractivity contribution in [3.8, 4) is 5.75 Å². The van der Waals surface area contributed by atoms with Crippen LogP contribution in [0.5, 0.6) is 5.75 Å². The summed E-state index contributed by atoms with van der Waals surface area (Å²) in [5.74, 6) is 1.46. The zero-order valence-corrected chi connectivity index (χ0v) is 22.5. The minimum atomic E-state index is -0.549. The largest absolute Gasteiger partial charge is 0.489 e. The molecule has 2 aromatic carbocycles. The number of hydrogen-bond acceptors (Lipinski definition) is 5. The Bertz CT molecular complexity index is 969. The van der Waals surface area contributed by atoms with Gasteiger partial charge in [0.1, 0.15) is 18.0 Å². The number of carbonyl (C=O) groups is 2. The highest BCUT2D eigenvalue weighted by molar-refractivity contribution is 5.90. The maximum Gasteiger partial charge on any atom is 0.344 e. The molecular formula is C31H42O5. The monoisotopic (exact) mass is 494 g/mol. The van der Waals surface area contributed by atoms with Gasteiger partial charge in [0.05, 0.1) is 5.56 Å². The van der Waals surface area contributed by atoms with E-state index >= 15 is 0 Å². The van der Waals surface area contributed by atoms with Crippen LogP contribution in [0.1, 0.15) is 101 Å². The van der Waals surface area contributed by atoms with Gasteiger partial charge in [-0.15, -0.1) is 0 Å². The van der Waals surface area contributed by atoms with E-state index in [9.17, 15) is 9.59 Å². The number of hydrogen-bond donors (Lipinski definition) is 0. The first-order chi connectivity index (χ1) is 17.2. The van der Waals surface area contributed by atoms with E-state index in [-0.39, 0.29) is 12.2 Å². The summed E-state index contributed by atoms with van der Waals surface area (Å²) in [4.78, 5) is 24.5. The van der Waals surface area contributed by atoms with Crippen LogP contribution in [0.25, 0.3) is 0 Å². The molecule has 1 aliphatic carbocycles. The fraction of sp³-hybridized carbons (Fsp3) is 0.548. The molecule has 36 heavy (non-hydrogen) atoms.